The van der Waals surface area contributed by atoms with Gasteiger partial charge in [-0.15, -0.1) is 5.10 Å². The maximum absolute atomic E-state index is 12.9. The number of hydrogen-bond acceptors (Lipinski definition) is 4. The molecule has 0 aliphatic rings. The molecule has 152 valence electrons. The first-order valence-electron chi connectivity index (χ1n) is 9.19. The predicted molar refractivity (Wildman–Crippen MR) is 117 cm³/mol. The van der Waals surface area contributed by atoms with Gasteiger partial charge < -0.3 is 0 Å². The molecule has 0 bridgehead atoms. The van der Waals surface area contributed by atoms with E-state index in [2.05, 4.69) is 20.5 Å². The molecule has 7 nitrogen and oxygen atoms in total. The van der Waals surface area contributed by atoms with Crippen molar-refractivity contribution in [3.63, 3.8) is 0 Å². The van der Waals surface area contributed by atoms with Crippen molar-refractivity contribution in [2.24, 2.45) is 0 Å². The van der Waals surface area contributed by atoms with Crippen molar-refractivity contribution in [2.45, 2.75) is 20.4 Å². The Balaban J connectivity index is 1.54. The first-order chi connectivity index (χ1) is 14.4. The largest absolute Gasteiger partial charge is 0.289 e. The Morgan fingerprint density at radius 2 is 1.70 bits per heavy atom. The third-order valence-electron chi connectivity index (χ3n) is 4.66. The highest BCUT2D eigenvalue weighted by atomic mass is 35.5. The first kappa shape index (κ1) is 20.1. The van der Waals surface area contributed by atoms with Crippen molar-refractivity contribution in [2.75, 3.05) is 5.32 Å². The molecule has 1 N–H and O–H groups in total. The van der Waals surface area contributed by atoms with Crippen LogP contribution in [-0.2, 0) is 6.54 Å². The van der Waals surface area contributed by atoms with Crippen LogP contribution in [0.25, 0.3) is 5.69 Å². The summed E-state index contributed by atoms with van der Waals surface area (Å²) in [5, 5.41) is 12.6. The molecule has 0 radical (unpaired) electrons. The number of aromatic nitrogens is 5. The van der Waals surface area contributed by atoms with Crippen LogP contribution in [0.4, 0.5) is 5.95 Å². The highest BCUT2D eigenvalue weighted by Gasteiger charge is 2.20. The third kappa shape index (κ3) is 3.94. The second-order valence-corrected chi connectivity index (χ2v) is 7.53. The normalized spacial score (nSPS) is 10.9. The Bertz CT molecular complexity index is 1200. The molecule has 9 heteroatoms. The molecule has 0 spiro atoms. The number of para-hydroxylation sites is 1. The summed E-state index contributed by atoms with van der Waals surface area (Å²) >= 11 is 12.4. The number of aryl methyl sites for hydroxylation is 1. The van der Waals surface area contributed by atoms with Gasteiger partial charge in [0.2, 0.25) is 5.95 Å². The van der Waals surface area contributed by atoms with Crippen molar-refractivity contribution in [1.82, 2.24) is 24.5 Å². The molecule has 2 heterocycles. The molecule has 4 aromatic rings. The van der Waals surface area contributed by atoms with Gasteiger partial charge in [0.25, 0.3) is 5.91 Å². The summed E-state index contributed by atoms with van der Waals surface area (Å²) in [5.41, 5.74) is 3.47. The van der Waals surface area contributed by atoms with Crippen LogP contribution in [0.1, 0.15) is 27.3 Å². The zero-order chi connectivity index (χ0) is 21.3. The maximum atomic E-state index is 12.9. The van der Waals surface area contributed by atoms with Gasteiger partial charge in [0, 0.05) is 15.6 Å². The van der Waals surface area contributed by atoms with Crippen molar-refractivity contribution >= 4 is 35.1 Å². The van der Waals surface area contributed by atoms with Crippen LogP contribution in [0.15, 0.2) is 54.9 Å². The smallest absolute Gasteiger partial charge is 0.261 e. The summed E-state index contributed by atoms with van der Waals surface area (Å²) < 4.78 is 3.31. The van der Waals surface area contributed by atoms with E-state index in [1.807, 2.05) is 37.3 Å². The van der Waals surface area contributed by atoms with Crippen LogP contribution in [0.3, 0.4) is 0 Å². The predicted octanol–water partition coefficient (Wildman–Crippen LogP) is 4.69. The van der Waals surface area contributed by atoms with Crippen LogP contribution in [-0.4, -0.2) is 30.5 Å². The molecule has 0 fully saturated rings. The zero-order valence-corrected chi connectivity index (χ0v) is 17.8. The fourth-order valence-electron chi connectivity index (χ4n) is 3.23. The van der Waals surface area contributed by atoms with Crippen LogP contribution in [0, 0.1) is 13.8 Å². The van der Waals surface area contributed by atoms with E-state index in [1.165, 1.54) is 6.33 Å². The lowest BCUT2D eigenvalue weighted by Gasteiger charge is -2.06. The van der Waals surface area contributed by atoms with E-state index in [1.54, 1.807) is 34.5 Å². The lowest BCUT2D eigenvalue weighted by atomic mass is 10.2. The zero-order valence-electron chi connectivity index (χ0n) is 16.3. The molecule has 4 rings (SSSR count). The molecule has 1 amide bonds. The van der Waals surface area contributed by atoms with Gasteiger partial charge >= 0.3 is 0 Å². The molecular weight excluding hydrogens is 423 g/mol. The van der Waals surface area contributed by atoms with Gasteiger partial charge in [0.05, 0.1) is 29.2 Å². The molecule has 0 saturated carbocycles. The lowest BCUT2D eigenvalue weighted by Crippen LogP contribution is -2.15. The van der Waals surface area contributed by atoms with E-state index >= 15 is 0 Å². The van der Waals surface area contributed by atoms with Crippen molar-refractivity contribution in [1.29, 1.82) is 0 Å². The topological polar surface area (TPSA) is 77.6 Å². The first-order valence-corrected chi connectivity index (χ1v) is 9.95. The monoisotopic (exact) mass is 440 g/mol. The molecule has 0 saturated heterocycles. The van der Waals surface area contributed by atoms with Crippen molar-refractivity contribution < 1.29 is 4.79 Å². The lowest BCUT2D eigenvalue weighted by molar-refractivity contribution is 0.102. The summed E-state index contributed by atoms with van der Waals surface area (Å²) in [6.07, 6.45) is 1.52. The second-order valence-electron chi connectivity index (χ2n) is 6.71. The Hall–Kier alpha value is -3.16. The summed E-state index contributed by atoms with van der Waals surface area (Å²) in [7, 11) is 0. The average Bonchev–Trinajstić information content (AvgIpc) is 3.28. The van der Waals surface area contributed by atoms with Crippen LogP contribution in [0.2, 0.25) is 10.0 Å². The maximum Gasteiger partial charge on any atom is 0.261 e. The SMILES string of the molecule is Cc1nn(-c2ccccc2)c(C)c1C(=O)Nc1ncn(Cc2c(Cl)cccc2Cl)n1. The molecular formula is C21H18Cl2N6O. The molecule has 2 aromatic carbocycles. The van der Waals surface area contributed by atoms with Gasteiger partial charge in [0.15, 0.2) is 0 Å². The number of nitrogens with zero attached hydrogens (tertiary/aromatic N) is 5. The van der Waals surface area contributed by atoms with Gasteiger partial charge in [-0.2, -0.15) is 5.10 Å². The number of carbonyl (C=O) groups excluding carboxylic acids is 1. The molecule has 0 unspecified atom stereocenters. The molecule has 30 heavy (non-hydrogen) atoms. The van der Waals surface area contributed by atoms with Gasteiger partial charge in [-0.1, -0.05) is 47.5 Å². The quantitative estimate of drug-likeness (QED) is 0.488. The summed E-state index contributed by atoms with van der Waals surface area (Å²) in [5.74, 6) is -0.129. The molecule has 0 atom stereocenters. The summed E-state index contributed by atoms with van der Waals surface area (Å²) in [6, 6.07) is 15.0. The number of carbonyl (C=O) groups is 1. The molecule has 2 aromatic heterocycles. The van der Waals surface area contributed by atoms with Gasteiger partial charge in [-0.05, 0) is 38.1 Å². The van der Waals surface area contributed by atoms with E-state index < -0.39 is 0 Å². The van der Waals surface area contributed by atoms with Crippen molar-refractivity contribution in [3.8, 4) is 5.69 Å². The van der Waals surface area contributed by atoms with E-state index in [9.17, 15) is 4.79 Å². The number of halogens is 2. The Kier molecular flexibility index (Phi) is 5.57. The van der Waals surface area contributed by atoms with Crippen LogP contribution in [0.5, 0.6) is 0 Å². The van der Waals surface area contributed by atoms with Crippen molar-refractivity contribution in [3.05, 3.63) is 87.4 Å². The third-order valence-corrected chi connectivity index (χ3v) is 5.37. The minimum atomic E-state index is -0.319. The molecule has 0 aliphatic heterocycles. The highest BCUT2D eigenvalue weighted by molar-refractivity contribution is 6.35. The summed E-state index contributed by atoms with van der Waals surface area (Å²) in [4.78, 5) is 17.0. The number of amides is 1. The number of hydrogen-bond donors (Lipinski definition) is 1. The Morgan fingerprint density at radius 3 is 2.40 bits per heavy atom. The Labute approximate surface area is 183 Å². The second kappa shape index (κ2) is 8.30. The van der Waals surface area contributed by atoms with E-state index in [0.29, 0.717) is 27.8 Å². The fourth-order valence-corrected chi connectivity index (χ4v) is 3.75. The van der Waals surface area contributed by atoms with Crippen LogP contribution < -0.4 is 5.32 Å². The minimum absolute atomic E-state index is 0.189. The number of rotatable bonds is 5. The van der Waals surface area contributed by atoms with Gasteiger partial charge in [-0.3, -0.25) is 10.1 Å². The highest BCUT2D eigenvalue weighted by Crippen LogP contribution is 2.25. The number of anilines is 1. The van der Waals surface area contributed by atoms with E-state index in [4.69, 9.17) is 23.2 Å². The number of nitrogens with one attached hydrogen (secondary N) is 1. The van der Waals surface area contributed by atoms with Gasteiger partial charge in [0.1, 0.15) is 6.33 Å². The standard InChI is InChI=1S/C21H18Cl2N6O/c1-13-19(14(2)29(26-13)15-7-4-3-5-8-15)20(30)25-21-24-12-28(27-21)11-16-17(22)9-6-10-18(16)23/h3-10,12H,11H2,1-2H3,(H,25,27,30). The summed E-state index contributed by atoms with van der Waals surface area (Å²) in [6.45, 7) is 3.99. The minimum Gasteiger partial charge on any atom is -0.289 e. The van der Waals surface area contributed by atoms with E-state index in [-0.39, 0.29) is 11.9 Å². The molecule has 0 aliphatic carbocycles. The van der Waals surface area contributed by atoms with Crippen LogP contribution >= 0.6 is 23.2 Å². The number of benzene rings is 2. The Morgan fingerprint density at radius 1 is 1.00 bits per heavy atom. The fraction of sp³-hybridized carbons (Fsp3) is 0.143. The average molecular weight is 441 g/mol. The van der Waals surface area contributed by atoms with Gasteiger partial charge in [-0.25, -0.2) is 14.3 Å². The van der Waals surface area contributed by atoms with E-state index in [0.717, 1.165) is 16.9 Å².